The molecule has 1 N–H and O–H groups in total. The Morgan fingerprint density at radius 3 is 2.90 bits per heavy atom. The van der Waals surface area contributed by atoms with Gasteiger partial charge in [-0.25, -0.2) is 4.39 Å². The average Bonchev–Trinajstić information content (AvgIpc) is 3.35. The second-order valence-electron chi connectivity index (χ2n) is 8.60. The van der Waals surface area contributed by atoms with E-state index in [-0.39, 0.29) is 5.82 Å². The summed E-state index contributed by atoms with van der Waals surface area (Å²) in [5.41, 5.74) is 6.70. The molecule has 29 heavy (non-hydrogen) atoms. The van der Waals surface area contributed by atoms with Crippen molar-refractivity contribution >= 4 is 16.5 Å². The van der Waals surface area contributed by atoms with E-state index in [0.717, 1.165) is 36.3 Å². The van der Waals surface area contributed by atoms with Crippen molar-refractivity contribution in [1.29, 1.82) is 0 Å². The van der Waals surface area contributed by atoms with Gasteiger partial charge >= 0.3 is 0 Å². The first kappa shape index (κ1) is 18.6. The van der Waals surface area contributed by atoms with Crippen molar-refractivity contribution in [1.82, 2.24) is 9.88 Å². The maximum atomic E-state index is 13.4. The second kappa shape index (κ2) is 8.16. The Morgan fingerprint density at radius 2 is 2.00 bits per heavy atom. The fourth-order valence-corrected chi connectivity index (χ4v) is 5.19. The molecule has 1 atom stereocenters. The number of nitrogens with one attached hydrogen (secondary N) is 1. The maximum Gasteiger partial charge on any atom is 0.125 e. The van der Waals surface area contributed by atoms with Crippen LogP contribution in [0.25, 0.3) is 16.5 Å². The molecule has 0 spiro atoms. The van der Waals surface area contributed by atoms with Crippen molar-refractivity contribution in [3.63, 3.8) is 0 Å². The van der Waals surface area contributed by atoms with Crippen LogP contribution in [-0.2, 0) is 6.42 Å². The van der Waals surface area contributed by atoms with Crippen LogP contribution in [-0.4, -0.2) is 29.5 Å². The predicted octanol–water partition coefficient (Wildman–Crippen LogP) is 6.30. The molecule has 150 valence electrons. The minimum atomic E-state index is -0.184. The maximum absolute atomic E-state index is 13.4. The van der Waals surface area contributed by atoms with Gasteiger partial charge in [0.05, 0.1) is 0 Å². The highest BCUT2D eigenvalue weighted by molar-refractivity contribution is 5.92. The molecule has 1 aliphatic heterocycles. The molecule has 2 heterocycles. The third-order valence-electron chi connectivity index (χ3n) is 6.82. The molecule has 0 radical (unpaired) electrons. The van der Waals surface area contributed by atoms with Gasteiger partial charge in [0.2, 0.25) is 0 Å². The molecule has 0 saturated heterocycles. The van der Waals surface area contributed by atoms with Crippen molar-refractivity contribution in [2.75, 3.05) is 19.6 Å². The van der Waals surface area contributed by atoms with Gasteiger partial charge in [-0.1, -0.05) is 36.8 Å². The van der Waals surface area contributed by atoms with E-state index < -0.39 is 0 Å². The van der Waals surface area contributed by atoms with Gasteiger partial charge < -0.3 is 4.98 Å². The van der Waals surface area contributed by atoms with E-state index in [1.54, 1.807) is 23.3 Å². The molecule has 2 aromatic carbocycles. The number of benzene rings is 2. The quantitative estimate of drug-likeness (QED) is 0.491. The molecule has 5 rings (SSSR count). The van der Waals surface area contributed by atoms with Crippen LogP contribution in [0.1, 0.15) is 54.7 Å². The summed E-state index contributed by atoms with van der Waals surface area (Å²) in [5.74, 6) is 0.599. The lowest BCUT2D eigenvalue weighted by atomic mass is 9.95. The molecule has 0 amide bonds. The van der Waals surface area contributed by atoms with Gasteiger partial charge in [-0.15, -0.1) is 0 Å². The summed E-state index contributed by atoms with van der Waals surface area (Å²) < 4.78 is 13.4. The molecule has 2 nitrogen and oxygen atoms in total. The summed E-state index contributed by atoms with van der Waals surface area (Å²) in [6.45, 7) is 3.33. The van der Waals surface area contributed by atoms with Gasteiger partial charge in [0.15, 0.2) is 0 Å². The SMILES string of the molecule is Fc1ccc2c(C3=CCN(CCCCC4CCc5ccccc54)CC3)c[nH]c2c1. The highest BCUT2D eigenvalue weighted by atomic mass is 19.1. The molecule has 1 aromatic heterocycles. The third-order valence-corrected chi connectivity index (χ3v) is 6.82. The monoisotopic (exact) mass is 388 g/mol. The van der Waals surface area contributed by atoms with Gasteiger partial charge in [-0.2, -0.15) is 0 Å². The number of nitrogens with zero attached hydrogens (tertiary/aromatic N) is 1. The zero-order chi connectivity index (χ0) is 19.6. The van der Waals surface area contributed by atoms with Crippen LogP contribution >= 0.6 is 0 Å². The molecule has 1 aliphatic carbocycles. The Bertz CT molecular complexity index is 1030. The summed E-state index contributed by atoms with van der Waals surface area (Å²) in [6.07, 6.45) is 12.0. The number of aryl methyl sites for hydroxylation is 1. The number of halogens is 1. The first-order valence-electron chi connectivity index (χ1n) is 11.0. The molecule has 0 fully saturated rings. The molecule has 3 heteroatoms. The Hall–Kier alpha value is -2.39. The number of unbranched alkanes of at least 4 members (excludes halogenated alkanes) is 1. The van der Waals surface area contributed by atoms with Crippen LogP contribution in [0.5, 0.6) is 0 Å². The summed E-state index contributed by atoms with van der Waals surface area (Å²) in [6, 6.07) is 14.0. The molecular formula is C26H29FN2. The zero-order valence-corrected chi connectivity index (χ0v) is 17.0. The van der Waals surface area contributed by atoms with Crippen LogP contribution in [0.15, 0.2) is 54.7 Å². The van der Waals surface area contributed by atoms with Crippen molar-refractivity contribution in [2.45, 2.75) is 44.4 Å². The predicted molar refractivity (Wildman–Crippen MR) is 119 cm³/mol. The van der Waals surface area contributed by atoms with E-state index in [1.165, 1.54) is 49.8 Å². The standard InChI is InChI=1S/C26H29FN2/c27-22-10-11-24-25(18-28-26(24)17-22)21-12-15-29(16-13-21)14-4-3-6-20-9-8-19-5-1-2-7-23(19)20/h1-2,5,7,10-12,17-18,20,28H,3-4,6,8-9,13-16H2. The Balaban J connectivity index is 1.12. The summed E-state index contributed by atoms with van der Waals surface area (Å²) in [5, 5.41) is 1.13. The first-order chi connectivity index (χ1) is 14.3. The van der Waals surface area contributed by atoms with Crippen LogP contribution in [0.2, 0.25) is 0 Å². The normalized spacial score (nSPS) is 19.5. The summed E-state index contributed by atoms with van der Waals surface area (Å²) >= 11 is 0. The highest BCUT2D eigenvalue weighted by Crippen LogP contribution is 2.36. The zero-order valence-electron chi connectivity index (χ0n) is 17.0. The summed E-state index contributed by atoms with van der Waals surface area (Å²) in [7, 11) is 0. The third kappa shape index (κ3) is 3.89. The lowest BCUT2D eigenvalue weighted by Crippen LogP contribution is -2.29. The van der Waals surface area contributed by atoms with Crippen LogP contribution in [0, 0.1) is 5.82 Å². The minimum absolute atomic E-state index is 0.184. The highest BCUT2D eigenvalue weighted by Gasteiger charge is 2.21. The van der Waals surface area contributed by atoms with E-state index in [4.69, 9.17) is 0 Å². The fraction of sp³-hybridized carbons (Fsp3) is 0.385. The van der Waals surface area contributed by atoms with Gasteiger partial charge in [0, 0.05) is 35.8 Å². The van der Waals surface area contributed by atoms with Gasteiger partial charge in [0.1, 0.15) is 5.82 Å². The molecule has 0 bridgehead atoms. The van der Waals surface area contributed by atoms with Crippen molar-refractivity contribution in [3.8, 4) is 0 Å². The van der Waals surface area contributed by atoms with Gasteiger partial charge in [-0.3, -0.25) is 4.90 Å². The smallest absolute Gasteiger partial charge is 0.125 e. The van der Waals surface area contributed by atoms with E-state index >= 15 is 0 Å². The average molecular weight is 389 g/mol. The number of aromatic amines is 1. The first-order valence-corrected chi connectivity index (χ1v) is 11.0. The van der Waals surface area contributed by atoms with E-state index in [2.05, 4.69) is 40.2 Å². The fourth-order valence-electron chi connectivity index (χ4n) is 5.19. The molecule has 0 saturated carbocycles. The Labute approximate surface area is 172 Å². The van der Waals surface area contributed by atoms with Crippen molar-refractivity contribution in [3.05, 3.63) is 77.2 Å². The van der Waals surface area contributed by atoms with Gasteiger partial charge in [0.25, 0.3) is 0 Å². The lowest BCUT2D eigenvalue weighted by molar-refractivity contribution is 0.292. The Kier molecular flexibility index (Phi) is 5.24. The number of hydrogen-bond acceptors (Lipinski definition) is 1. The summed E-state index contributed by atoms with van der Waals surface area (Å²) in [4.78, 5) is 5.79. The number of rotatable bonds is 6. The van der Waals surface area contributed by atoms with Crippen LogP contribution in [0.4, 0.5) is 4.39 Å². The van der Waals surface area contributed by atoms with E-state index in [1.807, 2.05) is 12.3 Å². The Morgan fingerprint density at radius 1 is 1.07 bits per heavy atom. The number of fused-ring (bicyclic) bond motifs is 2. The number of aromatic nitrogens is 1. The van der Waals surface area contributed by atoms with E-state index in [0.29, 0.717) is 0 Å². The molecular weight excluding hydrogens is 359 g/mol. The second-order valence-corrected chi connectivity index (χ2v) is 8.60. The molecule has 3 aromatic rings. The topological polar surface area (TPSA) is 19.0 Å². The minimum Gasteiger partial charge on any atom is -0.360 e. The molecule has 2 aliphatic rings. The largest absolute Gasteiger partial charge is 0.360 e. The van der Waals surface area contributed by atoms with Crippen molar-refractivity contribution < 1.29 is 4.39 Å². The van der Waals surface area contributed by atoms with Crippen LogP contribution < -0.4 is 0 Å². The number of H-pyrrole nitrogens is 1. The van der Waals surface area contributed by atoms with Gasteiger partial charge in [-0.05, 0) is 79.5 Å². The van der Waals surface area contributed by atoms with E-state index in [9.17, 15) is 4.39 Å². The van der Waals surface area contributed by atoms with Crippen LogP contribution in [0.3, 0.4) is 0 Å². The number of hydrogen-bond donors (Lipinski definition) is 1. The molecule has 1 unspecified atom stereocenters. The van der Waals surface area contributed by atoms with Crippen molar-refractivity contribution in [2.24, 2.45) is 0 Å². The lowest BCUT2D eigenvalue weighted by Gasteiger charge is -2.26.